The van der Waals surface area contributed by atoms with Crippen LogP contribution in [0.3, 0.4) is 0 Å². The van der Waals surface area contributed by atoms with Crippen LogP contribution >= 0.6 is 0 Å². The van der Waals surface area contributed by atoms with Crippen molar-refractivity contribution in [1.82, 2.24) is 4.98 Å². The number of alkyl halides is 2. The lowest BCUT2D eigenvalue weighted by Crippen LogP contribution is -2.09. The van der Waals surface area contributed by atoms with Crippen LogP contribution in [0.1, 0.15) is 5.89 Å². The van der Waals surface area contributed by atoms with Gasteiger partial charge in [-0.05, 0) is 36.4 Å². The minimum absolute atomic E-state index is 0.104. The Morgan fingerprint density at radius 2 is 1.71 bits per heavy atom. The van der Waals surface area contributed by atoms with Gasteiger partial charge in [0.15, 0.2) is 5.58 Å². The molecule has 0 fully saturated rings. The standard InChI is InChI=1S/C14H8F3N3O/c15-9-5-7-10(8-6-9)19-20-14(16,17)13-18-11-3-1-2-4-12(11)21-13/h1-8H. The molecule has 0 atom stereocenters. The quantitative estimate of drug-likeness (QED) is 0.514. The number of oxazole rings is 1. The summed E-state index contributed by atoms with van der Waals surface area (Å²) < 4.78 is 45.4. The Hall–Kier alpha value is -2.70. The maximum atomic E-state index is 13.9. The van der Waals surface area contributed by atoms with Crippen molar-refractivity contribution in [3.8, 4) is 0 Å². The number of nitrogens with zero attached hydrogens (tertiary/aromatic N) is 3. The molecule has 2 aromatic carbocycles. The first-order valence-corrected chi connectivity index (χ1v) is 5.97. The van der Waals surface area contributed by atoms with Crippen molar-refractivity contribution in [2.75, 3.05) is 0 Å². The number of rotatable bonds is 3. The third-order valence-electron chi connectivity index (χ3n) is 2.67. The molecule has 0 saturated carbocycles. The summed E-state index contributed by atoms with van der Waals surface area (Å²) in [7, 11) is 0. The van der Waals surface area contributed by atoms with E-state index in [4.69, 9.17) is 4.42 Å². The summed E-state index contributed by atoms with van der Waals surface area (Å²) in [5, 5.41) is 6.31. The fourth-order valence-corrected chi connectivity index (χ4v) is 1.67. The summed E-state index contributed by atoms with van der Waals surface area (Å²) in [6.45, 7) is 0. The first-order chi connectivity index (χ1) is 10.0. The number of para-hydroxylation sites is 2. The van der Waals surface area contributed by atoms with Gasteiger partial charge in [0, 0.05) is 0 Å². The fraction of sp³-hybridized carbons (Fsp3) is 0.0714. The Morgan fingerprint density at radius 1 is 1.00 bits per heavy atom. The predicted octanol–water partition coefficient (Wildman–Crippen LogP) is 4.80. The first-order valence-electron chi connectivity index (χ1n) is 5.97. The van der Waals surface area contributed by atoms with Crippen molar-refractivity contribution in [3.05, 3.63) is 60.2 Å². The maximum Gasteiger partial charge on any atom is 0.436 e. The minimum Gasteiger partial charge on any atom is -0.433 e. The minimum atomic E-state index is -3.70. The zero-order valence-electron chi connectivity index (χ0n) is 10.5. The molecular formula is C14H8F3N3O. The fourth-order valence-electron chi connectivity index (χ4n) is 1.67. The Balaban J connectivity index is 1.90. The third kappa shape index (κ3) is 2.76. The van der Waals surface area contributed by atoms with Gasteiger partial charge in [-0.2, -0.15) is 8.78 Å². The molecule has 0 aliphatic carbocycles. The number of hydrogen-bond acceptors (Lipinski definition) is 4. The van der Waals surface area contributed by atoms with Crippen LogP contribution in [0.5, 0.6) is 0 Å². The molecule has 106 valence electrons. The Labute approximate surface area is 116 Å². The molecule has 0 N–H and O–H groups in total. The average molecular weight is 291 g/mol. The summed E-state index contributed by atoms with van der Waals surface area (Å²) in [6, 6.07) is 7.37. The molecule has 0 unspecified atom stereocenters. The van der Waals surface area contributed by atoms with E-state index in [1.54, 1.807) is 18.2 Å². The molecule has 1 heterocycles. The van der Waals surface area contributed by atoms with Crippen molar-refractivity contribution in [2.45, 2.75) is 6.05 Å². The smallest absolute Gasteiger partial charge is 0.433 e. The third-order valence-corrected chi connectivity index (χ3v) is 2.67. The predicted molar refractivity (Wildman–Crippen MR) is 68.8 cm³/mol. The number of aromatic nitrogens is 1. The van der Waals surface area contributed by atoms with Gasteiger partial charge in [-0.25, -0.2) is 9.37 Å². The van der Waals surface area contributed by atoms with Crippen LogP contribution in [0.15, 0.2) is 63.2 Å². The maximum absolute atomic E-state index is 13.9. The van der Waals surface area contributed by atoms with Gasteiger partial charge in [-0.15, -0.1) is 10.2 Å². The molecule has 0 aliphatic rings. The second-order valence-corrected chi connectivity index (χ2v) is 4.20. The van der Waals surface area contributed by atoms with Crippen LogP contribution < -0.4 is 0 Å². The van der Waals surface area contributed by atoms with Crippen molar-refractivity contribution in [2.24, 2.45) is 10.2 Å². The highest BCUT2D eigenvalue weighted by atomic mass is 19.3. The normalized spacial score (nSPS) is 12.3. The van der Waals surface area contributed by atoms with E-state index in [-0.39, 0.29) is 11.3 Å². The summed E-state index contributed by atoms with van der Waals surface area (Å²) in [5.74, 6) is -1.32. The van der Waals surface area contributed by atoms with Gasteiger partial charge in [-0.3, -0.25) is 0 Å². The summed E-state index contributed by atoms with van der Waals surface area (Å²) >= 11 is 0. The molecule has 4 nitrogen and oxygen atoms in total. The van der Waals surface area contributed by atoms with Crippen LogP contribution in [-0.4, -0.2) is 4.98 Å². The molecule has 0 radical (unpaired) electrons. The number of hydrogen-bond donors (Lipinski definition) is 0. The monoisotopic (exact) mass is 291 g/mol. The lowest BCUT2D eigenvalue weighted by Gasteiger charge is -2.03. The Morgan fingerprint density at radius 3 is 2.43 bits per heavy atom. The van der Waals surface area contributed by atoms with Crippen LogP contribution in [0.25, 0.3) is 11.1 Å². The van der Waals surface area contributed by atoms with Crippen LogP contribution in [0.2, 0.25) is 0 Å². The summed E-state index contributed by atoms with van der Waals surface area (Å²) in [4.78, 5) is 3.68. The van der Waals surface area contributed by atoms with Crippen LogP contribution in [-0.2, 0) is 6.05 Å². The first kappa shape index (κ1) is 13.3. The van der Waals surface area contributed by atoms with Gasteiger partial charge >= 0.3 is 6.05 Å². The molecule has 0 saturated heterocycles. The van der Waals surface area contributed by atoms with Crippen LogP contribution in [0.4, 0.5) is 18.9 Å². The number of benzene rings is 2. The SMILES string of the molecule is Fc1ccc(N=NC(F)(F)c2nc3ccccc3o2)cc1. The van der Waals surface area contributed by atoms with Gasteiger partial charge in [0.2, 0.25) is 0 Å². The molecular weight excluding hydrogens is 283 g/mol. The molecule has 3 aromatic rings. The highest BCUT2D eigenvalue weighted by Gasteiger charge is 2.38. The van der Waals surface area contributed by atoms with Crippen molar-refractivity contribution in [3.63, 3.8) is 0 Å². The van der Waals surface area contributed by atoms with Gasteiger partial charge in [0.1, 0.15) is 11.3 Å². The number of azo groups is 1. The zero-order chi connectivity index (χ0) is 14.9. The number of fused-ring (bicyclic) bond motifs is 1. The van der Waals surface area contributed by atoms with E-state index in [1.807, 2.05) is 0 Å². The molecule has 1 aromatic heterocycles. The molecule has 3 rings (SSSR count). The summed E-state index contributed by atoms with van der Waals surface area (Å²) in [6.07, 6.45) is 0. The van der Waals surface area contributed by atoms with E-state index in [9.17, 15) is 13.2 Å². The molecule has 7 heteroatoms. The molecule has 0 bridgehead atoms. The van der Waals surface area contributed by atoms with Gasteiger partial charge in [0.25, 0.3) is 5.89 Å². The lowest BCUT2D eigenvalue weighted by molar-refractivity contribution is -0.0271. The number of halogens is 3. The van der Waals surface area contributed by atoms with Crippen molar-refractivity contribution >= 4 is 16.8 Å². The lowest BCUT2D eigenvalue weighted by atomic mass is 10.3. The molecule has 0 spiro atoms. The highest BCUT2D eigenvalue weighted by molar-refractivity contribution is 5.72. The van der Waals surface area contributed by atoms with Crippen molar-refractivity contribution in [1.29, 1.82) is 0 Å². The van der Waals surface area contributed by atoms with Gasteiger partial charge < -0.3 is 4.42 Å². The van der Waals surface area contributed by atoms with Gasteiger partial charge in [0.05, 0.1) is 5.69 Å². The topological polar surface area (TPSA) is 50.8 Å². The van der Waals surface area contributed by atoms with Gasteiger partial charge in [-0.1, -0.05) is 12.1 Å². The van der Waals surface area contributed by atoms with E-state index in [0.29, 0.717) is 5.52 Å². The van der Waals surface area contributed by atoms with E-state index in [1.165, 1.54) is 18.2 Å². The van der Waals surface area contributed by atoms with Crippen LogP contribution in [0, 0.1) is 5.82 Å². The van der Waals surface area contributed by atoms with Crippen molar-refractivity contribution < 1.29 is 17.6 Å². The molecule has 21 heavy (non-hydrogen) atoms. The van der Waals surface area contributed by atoms with E-state index in [0.717, 1.165) is 12.1 Å². The molecule has 0 aliphatic heterocycles. The van der Waals surface area contributed by atoms with E-state index < -0.39 is 17.8 Å². The van der Waals surface area contributed by atoms with E-state index >= 15 is 0 Å². The average Bonchev–Trinajstić information content (AvgIpc) is 2.91. The van der Waals surface area contributed by atoms with E-state index in [2.05, 4.69) is 15.2 Å². The second-order valence-electron chi connectivity index (χ2n) is 4.20. The highest BCUT2D eigenvalue weighted by Crippen LogP contribution is 2.32. The Kier molecular flexibility index (Phi) is 3.17. The summed E-state index contributed by atoms with van der Waals surface area (Å²) in [5.41, 5.74) is 0.653. The largest absolute Gasteiger partial charge is 0.436 e. The Bertz CT molecular complexity index is 764. The molecule has 0 amide bonds. The zero-order valence-corrected chi connectivity index (χ0v) is 10.5. The second kappa shape index (κ2) is 5.01.